The molecule has 4 nitrogen and oxygen atoms in total. The van der Waals surface area contributed by atoms with Gasteiger partial charge in [0, 0.05) is 19.3 Å². The van der Waals surface area contributed by atoms with Crippen LogP contribution in [0.2, 0.25) is 5.28 Å². The summed E-state index contributed by atoms with van der Waals surface area (Å²) in [6.45, 7) is 3.79. The van der Waals surface area contributed by atoms with Gasteiger partial charge >= 0.3 is 0 Å². The van der Waals surface area contributed by atoms with Crippen molar-refractivity contribution in [1.82, 2.24) is 14.9 Å². The van der Waals surface area contributed by atoms with E-state index in [1.54, 1.807) is 6.20 Å². The largest absolute Gasteiger partial charge is 0.330 e. The van der Waals surface area contributed by atoms with Crippen molar-refractivity contribution in [3.8, 4) is 0 Å². The first-order valence-corrected chi connectivity index (χ1v) is 5.55. The Balaban J connectivity index is 0.00000128. The van der Waals surface area contributed by atoms with Crippen molar-refractivity contribution >= 4 is 24.0 Å². The second kappa shape index (κ2) is 6.35. The fourth-order valence-corrected chi connectivity index (χ4v) is 2.10. The summed E-state index contributed by atoms with van der Waals surface area (Å²) >= 11 is 5.73. The fraction of sp³-hybridized carbons (Fsp3) is 0.600. The molecule has 0 amide bonds. The Morgan fingerprint density at radius 2 is 2.38 bits per heavy atom. The molecule has 2 rings (SSSR count). The molecule has 2 N–H and O–H groups in total. The highest BCUT2D eigenvalue weighted by Gasteiger charge is 2.21. The van der Waals surface area contributed by atoms with E-state index in [-0.39, 0.29) is 12.4 Å². The van der Waals surface area contributed by atoms with Crippen LogP contribution in [-0.4, -0.2) is 34.5 Å². The lowest BCUT2D eigenvalue weighted by Gasteiger charge is -2.14. The predicted octanol–water partition coefficient (Wildman–Crippen LogP) is 1.33. The highest BCUT2D eigenvalue weighted by molar-refractivity contribution is 6.28. The van der Waals surface area contributed by atoms with E-state index in [0.717, 1.165) is 31.9 Å². The van der Waals surface area contributed by atoms with E-state index >= 15 is 0 Å². The standard InChI is InChI=1S/C10H15ClN4.ClH/c11-10-13-3-1-9(14-10)7-15-4-2-8(5-12)6-15;/h1,3,8H,2,4-7,12H2;1H. The highest BCUT2D eigenvalue weighted by Crippen LogP contribution is 2.16. The van der Waals surface area contributed by atoms with E-state index in [9.17, 15) is 0 Å². The molecular weight excluding hydrogens is 247 g/mol. The van der Waals surface area contributed by atoms with E-state index in [2.05, 4.69) is 14.9 Å². The molecular formula is C10H16Cl2N4. The number of nitrogens with zero attached hydrogens (tertiary/aromatic N) is 3. The van der Waals surface area contributed by atoms with Crippen molar-refractivity contribution in [2.45, 2.75) is 13.0 Å². The topological polar surface area (TPSA) is 55.0 Å². The molecule has 1 unspecified atom stereocenters. The first-order valence-electron chi connectivity index (χ1n) is 5.18. The van der Waals surface area contributed by atoms with Crippen molar-refractivity contribution in [2.24, 2.45) is 11.7 Å². The van der Waals surface area contributed by atoms with Gasteiger partial charge in [0.1, 0.15) is 0 Å². The lowest BCUT2D eigenvalue weighted by atomic mass is 10.1. The summed E-state index contributed by atoms with van der Waals surface area (Å²) in [5.41, 5.74) is 6.62. The molecule has 1 aliphatic heterocycles. The molecule has 0 aromatic carbocycles. The van der Waals surface area contributed by atoms with Crippen molar-refractivity contribution in [3.05, 3.63) is 23.2 Å². The number of nitrogens with two attached hydrogens (primary N) is 1. The summed E-state index contributed by atoms with van der Waals surface area (Å²) in [6, 6.07) is 1.90. The van der Waals surface area contributed by atoms with Crippen molar-refractivity contribution in [2.75, 3.05) is 19.6 Å². The van der Waals surface area contributed by atoms with Crippen LogP contribution < -0.4 is 5.73 Å². The molecule has 2 heterocycles. The molecule has 0 bridgehead atoms. The van der Waals surface area contributed by atoms with Crippen LogP contribution in [0.4, 0.5) is 0 Å². The van der Waals surface area contributed by atoms with Gasteiger partial charge in [-0.15, -0.1) is 12.4 Å². The second-order valence-electron chi connectivity index (χ2n) is 3.94. The number of aromatic nitrogens is 2. The average molecular weight is 263 g/mol. The van der Waals surface area contributed by atoms with Crippen LogP contribution in [-0.2, 0) is 6.54 Å². The van der Waals surface area contributed by atoms with Gasteiger partial charge in [-0.2, -0.15) is 0 Å². The van der Waals surface area contributed by atoms with Crippen LogP contribution in [0, 0.1) is 5.92 Å². The lowest BCUT2D eigenvalue weighted by Crippen LogP contribution is -2.23. The van der Waals surface area contributed by atoms with Crippen molar-refractivity contribution < 1.29 is 0 Å². The Kier molecular flexibility index (Phi) is 5.41. The summed E-state index contributed by atoms with van der Waals surface area (Å²) in [5, 5.41) is 0.321. The van der Waals surface area contributed by atoms with Gasteiger partial charge in [0.25, 0.3) is 0 Å². The number of halogens is 2. The van der Waals surface area contributed by atoms with Gasteiger partial charge < -0.3 is 5.73 Å². The molecule has 1 aliphatic rings. The minimum atomic E-state index is 0. The molecule has 0 radical (unpaired) electrons. The second-order valence-corrected chi connectivity index (χ2v) is 4.28. The molecule has 1 aromatic heterocycles. The van der Waals surface area contributed by atoms with Crippen LogP contribution >= 0.6 is 24.0 Å². The van der Waals surface area contributed by atoms with Gasteiger partial charge in [-0.1, -0.05) is 0 Å². The van der Waals surface area contributed by atoms with Gasteiger partial charge in [-0.05, 0) is 43.1 Å². The summed E-state index contributed by atoms with van der Waals surface area (Å²) in [6.07, 6.45) is 2.89. The van der Waals surface area contributed by atoms with E-state index in [1.165, 1.54) is 6.42 Å². The fourth-order valence-electron chi connectivity index (χ4n) is 1.94. The van der Waals surface area contributed by atoms with Crippen LogP contribution in [0.25, 0.3) is 0 Å². The highest BCUT2D eigenvalue weighted by atomic mass is 35.5. The van der Waals surface area contributed by atoms with Crippen LogP contribution in [0.1, 0.15) is 12.1 Å². The van der Waals surface area contributed by atoms with Gasteiger partial charge in [-0.25, -0.2) is 9.97 Å². The molecule has 1 aromatic rings. The molecule has 1 atom stereocenters. The number of likely N-dealkylation sites (tertiary alicyclic amines) is 1. The Morgan fingerprint density at radius 3 is 3.00 bits per heavy atom. The maximum Gasteiger partial charge on any atom is 0.222 e. The third kappa shape index (κ3) is 3.56. The molecule has 0 aliphatic carbocycles. The quantitative estimate of drug-likeness (QED) is 0.836. The zero-order valence-electron chi connectivity index (χ0n) is 8.97. The maximum atomic E-state index is 5.73. The van der Waals surface area contributed by atoms with E-state index in [4.69, 9.17) is 17.3 Å². The first-order chi connectivity index (χ1) is 7.28. The van der Waals surface area contributed by atoms with E-state index in [1.807, 2.05) is 6.07 Å². The smallest absolute Gasteiger partial charge is 0.222 e. The number of hydrogen-bond acceptors (Lipinski definition) is 4. The van der Waals surface area contributed by atoms with Gasteiger partial charge in [-0.3, -0.25) is 4.90 Å². The summed E-state index contributed by atoms with van der Waals surface area (Å²) < 4.78 is 0. The minimum absolute atomic E-state index is 0. The van der Waals surface area contributed by atoms with Crippen LogP contribution in [0.3, 0.4) is 0 Å². The van der Waals surface area contributed by atoms with Gasteiger partial charge in [0.2, 0.25) is 5.28 Å². The minimum Gasteiger partial charge on any atom is -0.330 e. The maximum absolute atomic E-state index is 5.73. The third-order valence-corrected chi connectivity index (χ3v) is 2.95. The molecule has 16 heavy (non-hydrogen) atoms. The lowest BCUT2D eigenvalue weighted by molar-refractivity contribution is 0.314. The Morgan fingerprint density at radius 1 is 1.56 bits per heavy atom. The molecule has 6 heteroatoms. The molecule has 0 saturated carbocycles. The molecule has 1 saturated heterocycles. The van der Waals surface area contributed by atoms with Crippen molar-refractivity contribution in [1.29, 1.82) is 0 Å². The van der Waals surface area contributed by atoms with E-state index < -0.39 is 0 Å². The molecule has 90 valence electrons. The monoisotopic (exact) mass is 262 g/mol. The normalized spacial score (nSPS) is 20.8. The summed E-state index contributed by atoms with van der Waals surface area (Å²) in [4.78, 5) is 10.4. The Bertz CT molecular complexity index is 334. The van der Waals surface area contributed by atoms with E-state index in [0.29, 0.717) is 11.2 Å². The van der Waals surface area contributed by atoms with Crippen molar-refractivity contribution in [3.63, 3.8) is 0 Å². The number of hydrogen-bond donors (Lipinski definition) is 1. The molecule has 1 fully saturated rings. The number of rotatable bonds is 3. The van der Waals surface area contributed by atoms with Crippen LogP contribution in [0.15, 0.2) is 12.3 Å². The predicted molar refractivity (Wildman–Crippen MR) is 66.7 cm³/mol. The summed E-state index contributed by atoms with van der Waals surface area (Å²) in [7, 11) is 0. The third-order valence-electron chi connectivity index (χ3n) is 2.77. The van der Waals surface area contributed by atoms with Crippen LogP contribution in [0.5, 0.6) is 0 Å². The zero-order chi connectivity index (χ0) is 10.7. The zero-order valence-corrected chi connectivity index (χ0v) is 10.5. The summed E-state index contributed by atoms with van der Waals surface area (Å²) in [5.74, 6) is 0.641. The SMILES string of the molecule is Cl.NCC1CCN(Cc2ccnc(Cl)n2)C1. The Hall–Kier alpha value is -0.420. The first kappa shape index (κ1) is 13.6. The van der Waals surface area contributed by atoms with Gasteiger partial charge in [0.05, 0.1) is 5.69 Å². The van der Waals surface area contributed by atoms with Gasteiger partial charge in [0.15, 0.2) is 0 Å². The average Bonchev–Trinajstić information content (AvgIpc) is 2.65. The molecule has 0 spiro atoms. The Labute approximate surface area is 107 Å².